The Labute approximate surface area is 191 Å². The number of nitrogens with one attached hydrogen (secondary N) is 1. The van der Waals surface area contributed by atoms with E-state index in [-0.39, 0.29) is 17.2 Å². The molecular weight excluding hydrogens is 398 g/mol. The first-order valence-electron chi connectivity index (χ1n) is 11.8. The van der Waals surface area contributed by atoms with Crippen molar-refractivity contribution < 1.29 is 9.59 Å². The first-order valence-corrected chi connectivity index (χ1v) is 11.8. The second-order valence-electron chi connectivity index (χ2n) is 10.2. The quantitative estimate of drug-likeness (QED) is 0.751. The Hall–Kier alpha value is -2.82. The van der Waals surface area contributed by atoms with Gasteiger partial charge in [0, 0.05) is 43.0 Å². The van der Waals surface area contributed by atoms with Gasteiger partial charge >= 0.3 is 0 Å². The third-order valence-corrected chi connectivity index (χ3v) is 6.92. The van der Waals surface area contributed by atoms with Crippen LogP contribution in [0.3, 0.4) is 0 Å². The molecule has 1 N–H and O–H groups in total. The minimum Gasteiger partial charge on any atom is -0.368 e. The van der Waals surface area contributed by atoms with E-state index in [1.807, 2.05) is 56.0 Å². The van der Waals surface area contributed by atoms with Crippen LogP contribution in [0.2, 0.25) is 0 Å². The van der Waals surface area contributed by atoms with Crippen molar-refractivity contribution in [3.8, 4) is 0 Å². The zero-order chi connectivity index (χ0) is 22.8. The van der Waals surface area contributed by atoms with E-state index in [4.69, 9.17) is 0 Å². The molecule has 5 heteroatoms. The lowest BCUT2D eigenvalue weighted by Gasteiger charge is -2.38. The fourth-order valence-electron chi connectivity index (χ4n) is 5.03. The number of benzene rings is 2. The molecule has 1 heterocycles. The first kappa shape index (κ1) is 22.4. The van der Waals surface area contributed by atoms with Gasteiger partial charge in [-0.25, -0.2) is 0 Å². The van der Waals surface area contributed by atoms with Gasteiger partial charge in [-0.2, -0.15) is 0 Å². The van der Waals surface area contributed by atoms with Crippen molar-refractivity contribution in [1.29, 1.82) is 0 Å². The van der Waals surface area contributed by atoms with Gasteiger partial charge in [-0.15, -0.1) is 0 Å². The Balaban J connectivity index is 1.39. The van der Waals surface area contributed by atoms with Gasteiger partial charge in [-0.05, 0) is 42.7 Å². The third kappa shape index (κ3) is 4.52. The lowest BCUT2D eigenvalue weighted by atomic mass is 9.78. The molecule has 1 aliphatic heterocycles. The molecule has 2 aromatic carbocycles. The van der Waals surface area contributed by atoms with Crippen molar-refractivity contribution in [2.24, 2.45) is 5.41 Å². The zero-order valence-electron chi connectivity index (χ0n) is 19.6. The highest BCUT2D eigenvalue weighted by Gasteiger charge is 2.42. The molecule has 0 unspecified atom stereocenters. The molecule has 0 aromatic heterocycles. The largest absolute Gasteiger partial charge is 0.368 e. The maximum atomic E-state index is 13.3. The van der Waals surface area contributed by atoms with Crippen molar-refractivity contribution in [3.05, 3.63) is 60.2 Å². The third-order valence-electron chi connectivity index (χ3n) is 6.92. The highest BCUT2D eigenvalue weighted by Crippen LogP contribution is 2.42. The van der Waals surface area contributed by atoms with E-state index in [1.54, 1.807) is 0 Å². The van der Waals surface area contributed by atoms with Gasteiger partial charge in [0.15, 0.2) is 0 Å². The Morgan fingerprint density at radius 2 is 1.44 bits per heavy atom. The Bertz CT molecular complexity index is 933. The van der Waals surface area contributed by atoms with Gasteiger partial charge in [0.2, 0.25) is 11.8 Å². The minimum absolute atomic E-state index is 0.100. The highest BCUT2D eigenvalue weighted by atomic mass is 16.2. The average Bonchev–Trinajstić information content (AvgIpc) is 3.31. The van der Waals surface area contributed by atoms with E-state index >= 15 is 0 Å². The summed E-state index contributed by atoms with van der Waals surface area (Å²) in [6, 6.07) is 18.3. The molecule has 2 amide bonds. The summed E-state index contributed by atoms with van der Waals surface area (Å²) in [6.45, 7) is 9.06. The fourth-order valence-corrected chi connectivity index (χ4v) is 5.03. The smallest absolute Gasteiger partial charge is 0.235 e. The van der Waals surface area contributed by atoms with E-state index in [0.29, 0.717) is 0 Å². The van der Waals surface area contributed by atoms with Gasteiger partial charge in [-0.3, -0.25) is 9.59 Å². The predicted molar refractivity (Wildman–Crippen MR) is 130 cm³/mol. The standard InChI is InChI=1S/C27H35N3O2/c1-26(2,3)25(32)30-19-17-29(18-20-30)23-13-11-22(12-14-23)28-24(31)27(15-7-8-16-27)21-9-5-4-6-10-21/h4-6,9-14H,7-8,15-20H2,1-3H3,(H,28,31). The van der Waals surface area contributed by atoms with Crippen LogP contribution in [0.1, 0.15) is 52.0 Å². The van der Waals surface area contributed by atoms with Gasteiger partial charge in [-0.1, -0.05) is 63.9 Å². The topological polar surface area (TPSA) is 52.7 Å². The molecule has 1 saturated carbocycles. The summed E-state index contributed by atoms with van der Waals surface area (Å²) in [4.78, 5) is 30.1. The molecule has 0 spiro atoms. The zero-order valence-corrected chi connectivity index (χ0v) is 19.6. The van der Waals surface area contributed by atoms with Gasteiger partial charge in [0.05, 0.1) is 5.41 Å². The van der Waals surface area contributed by atoms with Gasteiger partial charge < -0.3 is 15.1 Å². The van der Waals surface area contributed by atoms with Crippen LogP contribution in [0.25, 0.3) is 0 Å². The van der Waals surface area contributed by atoms with Crippen LogP contribution in [0.15, 0.2) is 54.6 Å². The van der Waals surface area contributed by atoms with Crippen LogP contribution in [0.4, 0.5) is 11.4 Å². The molecule has 4 rings (SSSR count). The molecule has 1 saturated heterocycles. The molecule has 2 fully saturated rings. The van der Waals surface area contributed by atoms with Crippen LogP contribution in [-0.4, -0.2) is 42.9 Å². The van der Waals surface area contributed by atoms with Crippen LogP contribution >= 0.6 is 0 Å². The summed E-state index contributed by atoms with van der Waals surface area (Å²) in [6.07, 6.45) is 3.98. The number of hydrogen-bond donors (Lipinski definition) is 1. The summed E-state index contributed by atoms with van der Waals surface area (Å²) in [5, 5.41) is 3.18. The second kappa shape index (κ2) is 8.97. The molecule has 5 nitrogen and oxygen atoms in total. The Morgan fingerprint density at radius 1 is 0.844 bits per heavy atom. The number of nitrogens with zero attached hydrogens (tertiary/aromatic N) is 2. The Kier molecular flexibility index (Phi) is 6.27. The van der Waals surface area contributed by atoms with Crippen molar-refractivity contribution in [1.82, 2.24) is 4.90 Å². The molecule has 0 atom stereocenters. The summed E-state index contributed by atoms with van der Waals surface area (Å²) in [5.41, 5.74) is 2.33. The summed E-state index contributed by atoms with van der Waals surface area (Å²) in [5.74, 6) is 0.317. The number of anilines is 2. The lowest BCUT2D eigenvalue weighted by Crippen LogP contribution is -2.51. The molecule has 0 radical (unpaired) electrons. The first-order chi connectivity index (χ1) is 15.3. The Morgan fingerprint density at radius 3 is 2.00 bits per heavy atom. The summed E-state index contributed by atoms with van der Waals surface area (Å²) in [7, 11) is 0. The lowest BCUT2D eigenvalue weighted by molar-refractivity contribution is -0.139. The van der Waals surface area contributed by atoms with E-state index in [0.717, 1.165) is 68.8 Å². The molecule has 2 aromatic rings. The predicted octanol–water partition coefficient (Wildman–Crippen LogP) is 4.83. The van der Waals surface area contributed by atoms with Crippen molar-refractivity contribution in [3.63, 3.8) is 0 Å². The van der Waals surface area contributed by atoms with E-state index in [9.17, 15) is 9.59 Å². The summed E-state index contributed by atoms with van der Waals surface area (Å²) < 4.78 is 0. The van der Waals surface area contributed by atoms with Crippen LogP contribution in [-0.2, 0) is 15.0 Å². The second-order valence-corrected chi connectivity index (χ2v) is 10.2. The van der Waals surface area contributed by atoms with Gasteiger partial charge in [0.1, 0.15) is 0 Å². The maximum Gasteiger partial charge on any atom is 0.235 e. The van der Waals surface area contributed by atoms with Crippen LogP contribution in [0.5, 0.6) is 0 Å². The number of carbonyl (C=O) groups excluding carboxylic acids is 2. The van der Waals surface area contributed by atoms with E-state index in [1.165, 1.54) is 0 Å². The van der Waals surface area contributed by atoms with Crippen molar-refractivity contribution >= 4 is 23.2 Å². The highest BCUT2D eigenvalue weighted by molar-refractivity contribution is 5.99. The molecular formula is C27H35N3O2. The minimum atomic E-state index is -0.421. The fraction of sp³-hybridized carbons (Fsp3) is 0.481. The van der Waals surface area contributed by atoms with Crippen LogP contribution in [0, 0.1) is 5.41 Å². The molecule has 32 heavy (non-hydrogen) atoms. The van der Waals surface area contributed by atoms with E-state index in [2.05, 4.69) is 34.5 Å². The molecule has 170 valence electrons. The SMILES string of the molecule is CC(C)(C)C(=O)N1CCN(c2ccc(NC(=O)C3(c4ccccc4)CCCC3)cc2)CC1. The molecule has 0 bridgehead atoms. The van der Waals surface area contributed by atoms with E-state index < -0.39 is 5.41 Å². The number of piperazine rings is 1. The molecule has 1 aliphatic carbocycles. The number of amides is 2. The summed E-state index contributed by atoms with van der Waals surface area (Å²) >= 11 is 0. The maximum absolute atomic E-state index is 13.3. The van der Waals surface area contributed by atoms with Crippen molar-refractivity contribution in [2.45, 2.75) is 51.9 Å². The average molecular weight is 434 g/mol. The van der Waals surface area contributed by atoms with Crippen LogP contribution < -0.4 is 10.2 Å². The number of rotatable bonds is 4. The number of carbonyl (C=O) groups is 2. The van der Waals surface area contributed by atoms with Gasteiger partial charge in [0.25, 0.3) is 0 Å². The number of hydrogen-bond acceptors (Lipinski definition) is 3. The molecule has 2 aliphatic rings. The monoisotopic (exact) mass is 433 g/mol. The van der Waals surface area contributed by atoms with Crippen molar-refractivity contribution in [2.75, 3.05) is 36.4 Å². The normalized spacial score (nSPS) is 18.5.